The average molecular weight is 1300 g/mol. The van der Waals surface area contributed by atoms with Crippen molar-refractivity contribution >= 4 is 11.9 Å². The Bertz CT molecular complexity index is 1730. The van der Waals surface area contributed by atoms with Gasteiger partial charge in [-0.05, 0) is 70.6 Å². The third kappa shape index (κ3) is 54.5. The third-order valence-electron chi connectivity index (χ3n) is 18.7. The molecule has 1 fully saturated rings. The summed E-state index contributed by atoms with van der Waals surface area (Å²) in [6.45, 7) is 5.82. The van der Waals surface area contributed by atoms with E-state index in [1.54, 1.807) is 6.08 Å². The highest BCUT2D eigenvalue weighted by atomic mass is 16.7. The number of unbranched alkanes of at least 4 members (excludes halogenated alkanes) is 47. The molecule has 11 nitrogen and oxygen atoms in total. The molecule has 1 aliphatic rings. The first-order chi connectivity index (χ1) is 45.2. The number of hydrogen-bond acceptors (Lipinski definition) is 10. The van der Waals surface area contributed by atoms with Crippen molar-refractivity contribution in [2.75, 3.05) is 13.2 Å². The van der Waals surface area contributed by atoms with Crippen molar-refractivity contribution in [2.24, 2.45) is 0 Å². The first kappa shape index (κ1) is 87.4. The molecule has 8 atom stereocenters. The molecule has 11 heteroatoms. The largest absolute Gasteiger partial charge is 0.454 e. The molecule has 1 amide bonds. The summed E-state index contributed by atoms with van der Waals surface area (Å²) in [6.07, 6.45) is 78.5. The lowest BCUT2D eigenvalue weighted by Gasteiger charge is -2.41. The Balaban J connectivity index is 2.50. The molecule has 0 spiro atoms. The van der Waals surface area contributed by atoms with Crippen molar-refractivity contribution < 1.29 is 49.3 Å². The van der Waals surface area contributed by atoms with Crippen LogP contribution in [0.3, 0.4) is 0 Å². The molecule has 1 saturated heterocycles. The normalized spacial score (nSPS) is 18.2. The fourth-order valence-corrected chi connectivity index (χ4v) is 12.5. The van der Waals surface area contributed by atoms with E-state index in [2.05, 4.69) is 74.7 Å². The number of amides is 1. The SMILES string of the molecule is CCCCC/C=C\C/C=C\C/C=C\C/C=C\CCCCCCCCCCC(O)C(=O)NC(COC1OC(CO)C(O)C(O)C1OC(=O)CCCCCCCCCCCCCCCCCCCCCCCCCCCCC)C(O)/C=C/CCCCCCCCCCCC. The first-order valence-electron chi connectivity index (χ1n) is 39.6. The van der Waals surface area contributed by atoms with E-state index in [0.717, 1.165) is 83.5 Å². The van der Waals surface area contributed by atoms with Gasteiger partial charge < -0.3 is 45.1 Å². The molecule has 538 valence electrons. The second kappa shape index (κ2) is 68.3. The van der Waals surface area contributed by atoms with Crippen molar-refractivity contribution in [1.29, 1.82) is 0 Å². The number of ether oxygens (including phenoxy) is 3. The number of carbonyl (C=O) groups is 2. The van der Waals surface area contributed by atoms with Crippen LogP contribution in [0.4, 0.5) is 0 Å². The molecule has 0 aromatic heterocycles. The van der Waals surface area contributed by atoms with Crippen LogP contribution in [-0.2, 0) is 23.8 Å². The smallest absolute Gasteiger partial charge is 0.306 e. The number of hydrogen-bond donors (Lipinski definition) is 6. The van der Waals surface area contributed by atoms with Gasteiger partial charge in [0.1, 0.15) is 24.4 Å². The van der Waals surface area contributed by atoms with Crippen LogP contribution in [0.15, 0.2) is 60.8 Å². The molecule has 1 aliphatic heterocycles. The minimum Gasteiger partial charge on any atom is -0.454 e. The van der Waals surface area contributed by atoms with E-state index >= 15 is 0 Å². The van der Waals surface area contributed by atoms with Crippen LogP contribution in [-0.4, -0.2) is 99.6 Å². The minimum absolute atomic E-state index is 0.127. The fourth-order valence-electron chi connectivity index (χ4n) is 12.5. The van der Waals surface area contributed by atoms with Gasteiger partial charge in [-0.1, -0.05) is 364 Å². The average Bonchev–Trinajstić information content (AvgIpc) is 0.928. The van der Waals surface area contributed by atoms with Gasteiger partial charge in [-0.2, -0.15) is 0 Å². The Hall–Kier alpha value is -2.64. The molecular weight excluding hydrogens is 1150 g/mol. The Morgan fingerprint density at radius 2 is 0.750 bits per heavy atom. The maximum Gasteiger partial charge on any atom is 0.306 e. The zero-order valence-corrected chi connectivity index (χ0v) is 60.2. The fraction of sp³-hybridized carbons (Fsp3) is 0.852. The lowest BCUT2D eigenvalue weighted by molar-refractivity contribution is -0.305. The van der Waals surface area contributed by atoms with E-state index in [0.29, 0.717) is 12.8 Å². The van der Waals surface area contributed by atoms with Gasteiger partial charge in [-0.3, -0.25) is 9.59 Å². The minimum atomic E-state index is -1.62. The topological polar surface area (TPSA) is 175 Å². The second-order valence-electron chi connectivity index (χ2n) is 27.5. The van der Waals surface area contributed by atoms with Gasteiger partial charge >= 0.3 is 5.97 Å². The van der Waals surface area contributed by atoms with Crippen molar-refractivity contribution in [1.82, 2.24) is 5.32 Å². The summed E-state index contributed by atoms with van der Waals surface area (Å²) in [5.41, 5.74) is 0. The number of aliphatic hydroxyl groups excluding tert-OH is 5. The van der Waals surface area contributed by atoms with Gasteiger partial charge in [-0.15, -0.1) is 0 Å². The van der Waals surface area contributed by atoms with Crippen LogP contribution >= 0.6 is 0 Å². The predicted molar refractivity (Wildman–Crippen MR) is 389 cm³/mol. The standard InChI is InChI=1S/C81H149NO10/c1-4-7-10-13-16-19-22-25-27-29-31-33-35-37-38-39-41-43-45-47-49-51-54-57-60-63-66-69-76(86)92-79-78(88)77(87)75(70-83)91-81(79)90-71-72(73(84)67-64-61-58-55-52-24-21-18-15-12-9-6-3)82-80(89)74(85)68-65-62-59-56-53-50-48-46-44-42-40-36-34-32-30-28-26-23-20-17-14-11-8-5-2/h17,20,26,28,32,34,40,42,64,67,72-75,77-79,81,83-85,87-88H,4-16,18-19,21-25,27,29-31,33,35-39,41,43-63,65-66,68-71H2,1-3H3,(H,82,89)/b20-17-,28-26-,34-32-,42-40-,67-64+. The quantitative estimate of drug-likeness (QED) is 0.0195. The summed E-state index contributed by atoms with van der Waals surface area (Å²) in [7, 11) is 0. The highest BCUT2D eigenvalue weighted by molar-refractivity contribution is 5.80. The molecule has 0 radical (unpaired) electrons. The molecule has 6 N–H and O–H groups in total. The predicted octanol–water partition coefficient (Wildman–Crippen LogP) is 21.2. The zero-order valence-electron chi connectivity index (χ0n) is 60.2. The summed E-state index contributed by atoms with van der Waals surface area (Å²) in [5, 5.41) is 57.4. The zero-order chi connectivity index (χ0) is 66.7. The molecule has 1 heterocycles. The Morgan fingerprint density at radius 1 is 0.424 bits per heavy atom. The summed E-state index contributed by atoms with van der Waals surface area (Å²) >= 11 is 0. The molecule has 0 saturated carbocycles. The van der Waals surface area contributed by atoms with Crippen LogP contribution < -0.4 is 5.32 Å². The summed E-state index contributed by atoms with van der Waals surface area (Å²) in [5.74, 6) is -1.19. The Kier molecular flexibility index (Phi) is 64.9. The molecule has 0 aromatic carbocycles. The summed E-state index contributed by atoms with van der Waals surface area (Å²) in [4.78, 5) is 26.8. The molecule has 0 aromatic rings. The number of nitrogens with one attached hydrogen (secondary N) is 1. The van der Waals surface area contributed by atoms with Gasteiger partial charge in [0.2, 0.25) is 5.91 Å². The van der Waals surface area contributed by atoms with Crippen LogP contribution in [0.5, 0.6) is 0 Å². The monoisotopic (exact) mass is 1300 g/mol. The number of carbonyl (C=O) groups excluding carboxylic acids is 2. The lowest BCUT2D eigenvalue weighted by atomic mass is 9.99. The van der Waals surface area contributed by atoms with E-state index in [1.165, 1.54) is 250 Å². The van der Waals surface area contributed by atoms with Gasteiger partial charge in [0, 0.05) is 6.42 Å². The number of esters is 1. The maximum atomic E-state index is 13.5. The molecular formula is C81H149NO10. The van der Waals surface area contributed by atoms with E-state index < -0.39 is 67.4 Å². The van der Waals surface area contributed by atoms with Crippen molar-refractivity contribution in [3.8, 4) is 0 Å². The Labute approximate surface area is 567 Å². The Morgan fingerprint density at radius 3 is 1.14 bits per heavy atom. The first-order valence-corrected chi connectivity index (χ1v) is 39.6. The second-order valence-corrected chi connectivity index (χ2v) is 27.5. The van der Waals surface area contributed by atoms with Crippen molar-refractivity contribution in [3.63, 3.8) is 0 Å². The van der Waals surface area contributed by atoms with E-state index in [-0.39, 0.29) is 19.4 Å². The van der Waals surface area contributed by atoms with E-state index in [4.69, 9.17) is 14.2 Å². The summed E-state index contributed by atoms with van der Waals surface area (Å²) in [6, 6.07) is -1.03. The molecule has 0 bridgehead atoms. The lowest BCUT2D eigenvalue weighted by Crippen LogP contribution is -2.61. The number of rotatable bonds is 69. The molecule has 0 aliphatic carbocycles. The van der Waals surface area contributed by atoms with Crippen LogP contribution in [0.2, 0.25) is 0 Å². The van der Waals surface area contributed by atoms with Crippen LogP contribution in [0, 0.1) is 0 Å². The number of allylic oxidation sites excluding steroid dienone is 9. The van der Waals surface area contributed by atoms with Crippen molar-refractivity contribution in [3.05, 3.63) is 60.8 Å². The van der Waals surface area contributed by atoms with Gasteiger partial charge in [0.15, 0.2) is 12.4 Å². The number of aliphatic hydroxyl groups is 5. The summed E-state index contributed by atoms with van der Waals surface area (Å²) < 4.78 is 17.8. The third-order valence-corrected chi connectivity index (χ3v) is 18.7. The highest BCUT2D eigenvalue weighted by Crippen LogP contribution is 2.27. The van der Waals surface area contributed by atoms with Gasteiger partial charge in [0.25, 0.3) is 0 Å². The molecule has 8 unspecified atom stereocenters. The van der Waals surface area contributed by atoms with Gasteiger partial charge in [0.05, 0.1) is 25.4 Å². The van der Waals surface area contributed by atoms with Crippen LogP contribution in [0.25, 0.3) is 0 Å². The van der Waals surface area contributed by atoms with E-state index in [1.807, 2.05) is 6.08 Å². The van der Waals surface area contributed by atoms with E-state index in [9.17, 15) is 35.1 Å². The molecule has 1 rings (SSSR count). The van der Waals surface area contributed by atoms with Crippen LogP contribution in [0.1, 0.15) is 380 Å². The maximum absolute atomic E-state index is 13.5. The molecule has 92 heavy (non-hydrogen) atoms. The van der Waals surface area contributed by atoms with Gasteiger partial charge in [-0.25, -0.2) is 0 Å². The highest BCUT2D eigenvalue weighted by Gasteiger charge is 2.47. The van der Waals surface area contributed by atoms with Crippen molar-refractivity contribution in [2.45, 2.75) is 429 Å².